The minimum Gasteiger partial charge on any atom is -0.480 e. The number of ketones is 1. The Balaban J connectivity index is 2.31. The molecule has 0 aliphatic heterocycles. The highest BCUT2D eigenvalue weighted by molar-refractivity contribution is 6.22. The van der Waals surface area contributed by atoms with Crippen LogP contribution in [0.3, 0.4) is 0 Å². The van der Waals surface area contributed by atoms with E-state index in [1.54, 1.807) is 19.0 Å². The van der Waals surface area contributed by atoms with Gasteiger partial charge < -0.3 is 9.57 Å². The average Bonchev–Trinajstić information content (AvgIpc) is 2.93. The number of benzene rings is 2. The van der Waals surface area contributed by atoms with Crippen molar-refractivity contribution < 1.29 is 14.4 Å². The minimum absolute atomic E-state index is 0.129. The maximum atomic E-state index is 12.5. The fraction of sp³-hybridized carbons (Fsp3) is 0.167. The number of fused-ring (bicyclic) bond motifs is 6. The third-order valence-corrected chi connectivity index (χ3v) is 4.20. The average molecular weight is 293 g/mol. The number of carbonyl (C=O) groups is 1. The van der Waals surface area contributed by atoms with Gasteiger partial charge in [-0.1, -0.05) is 36.4 Å². The van der Waals surface area contributed by atoms with E-state index in [0.717, 1.165) is 32.8 Å². The van der Waals surface area contributed by atoms with Crippen LogP contribution in [0.25, 0.3) is 27.8 Å². The van der Waals surface area contributed by atoms with Gasteiger partial charge in [0.25, 0.3) is 0 Å². The van der Waals surface area contributed by atoms with E-state index >= 15 is 0 Å². The van der Waals surface area contributed by atoms with Crippen LogP contribution < -0.4 is 9.57 Å². The zero-order valence-corrected chi connectivity index (χ0v) is 12.4. The van der Waals surface area contributed by atoms with E-state index in [9.17, 15) is 4.79 Å². The van der Waals surface area contributed by atoms with E-state index in [-0.39, 0.29) is 5.78 Å². The Labute approximate surface area is 127 Å². The predicted octanol–water partition coefficient (Wildman–Crippen LogP) is 3.46. The summed E-state index contributed by atoms with van der Waals surface area (Å²) < 4.78 is 7.05. The maximum absolute atomic E-state index is 12.5. The van der Waals surface area contributed by atoms with Crippen LogP contribution in [-0.2, 0) is 0 Å². The summed E-state index contributed by atoms with van der Waals surface area (Å²) in [5, 5.41) is 2.97. The summed E-state index contributed by atoms with van der Waals surface area (Å²) in [5.74, 6) is 0.711. The lowest BCUT2D eigenvalue weighted by molar-refractivity contribution is 0.0996. The third-order valence-electron chi connectivity index (χ3n) is 4.20. The first-order chi connectivity index (χ1) is 10.8. The van der Waals surface area contributed by atoms with Crippen LogP contribution in [0.5, 0.6) is 5.88 Å². The molecule has 1 aromatic heterocycles. The molecule has 0 atom stereocenters. The van der Waals surface area contributed by atoms with Gasteiger partial charge in [-0.25, -0.2) is 0 Å². The van der Waals surface area contributed by atoms with Gasteiger partial charge in [-0.15, -0.1) is 4.73 Å². The number of rotatable bonds is 2. The number of methoxy groups -OCH3 is 1. The van der Waals surface area contributed by atoms with Crippen molar-refractivity contribution in [3.8, 4) is 5.88 Å². The Morgan fingerprint density at radius 2 is 1.86 bits per heavy atom. The van der Waals surface area contributed by atoms with E-state index in [1.165, 1.54) is 0 Å². The molecule has 0 saturated carbocycles. The van der Waals surface area contributed by atoms with Gasteiger partial charge in [-0.2, -0.15) is 0 Å². The summed E-state index contributed by atoms with van der Waals surface area (Å²) in [5.41, 5.74) is 2.61. The lowest BCUT2D eigenvalue weighted by atomic mass is 9.88. The van der Waals surface area contributed by atoms with Crippen molar-refractivity contribution in [1.82, 2.24) is 4.73 Å². The van der Waals surface area contributed by atoms with E-state index in [2.05, 4.69) is 0 Å². The summed E-state index contributed by atoms with van der Waals surface area (Å²) in [7, 11) is 3.19. The van der Waals surface area contributed by atoms with E-state index in [1.807, 2.05) is 42.5 Å². The van der Waals surface area contributed by atoms with Crippen molar-refractivity contribution in [3.63, 3.8) is 0 Å². The second-order valence-electron chi connectivity index (χ2n) is 5.29. The number of ether oxygens (including phenoxy) is 1. The van der Waals surface area contributed by atoms with Crippen molar-refractivity contribution in [3.05, 3.63) is 47.5 Å². The molecular formula is C18H15NO3. The summed E-state index contributed by atoms with van der Waals surface area (Å²) in [6, 6.07) is 9.93. The number of hydrogen-bond acceptors (Lipinski definition) is 3. The second kappa shape index (κ2) is 4.63. The molecule has 4 nitrogen and oxygen atoms in total. The molecule has 0 unspecified atom stereocenters. The quantitative estimate of drug-likeness (QED) is 0.726. The molecule has 1 aliphatic carbocycles. The van der Waals surface area contributed by atoms with E-state index < -0.39 is 0 Å². The van der Waals surface area contributed by atoms with Gasteiger partial charge >= 0.3 is 0 Å². The number of aromatic nitrogens is 1. The predicted molar refractivity (Wildman–Crippen MR) is 86.5 cm³/mol. The molecule has 4 rings (SSSR count). The molecule has 110 valence electrons. The highest BCUT2D eigenvalue weighted by atomic mass is 16.7. The molecule has 0 radical (unpaired) electrons. The Morgan fingerprint density at radius 3 is 2.59 bits per heavy atom. The summed E-state index contributed by atoms with van der Waals surface area (Å²) in [4.78, 5) is 18.0. The molecule has 1 heterocycles. The fourth-order valence-electron chi connectivity index (χ4n) is 3.30. The first kappa shape index (κ1) is 13.0. The van der Waals surface area contributed by atoms with Gasteiger partial charge in [0.1, 0.15) is 7.11 Å². The van der Waals surface area contributed by atoms with Crippen molar-refractivity contribution >= 4 is 33.5 Å². The molecular weight excluding hydrogens is 278 g/mol. The molecule has 0 spiro atoms. The smallest absolute Gasteiger partial charge is 0.228 e. The van der Waals surface area contributed by atoms with Crippen LogP contribution in [0.1, 0.15) is 22.3 Å². The number of hydrogen-bond donors (Lipinski definition) is 0. The zero-order valence-electron chi connectivity index (χ0n) is 12.4. The topological polar surface area (TPSA) is 40.5 Å². The summed E-state index contributed by atoms with van der Waals surface area (Å²) in [6.45, 7) is 0. The molecule has 2 aromatic carbocycles. The Morgan fingerprint density at radius 1 is 1.09 bits per heavy atom. The van der Waals surface area contributed by atoms with Gasteiger partial charge in [0.2, 0.25) is 5.88 Å². The van der Waals surface area contributed by atoms with Crippen molar-refractivity contribution in [2.75, 3.05) is 14.2 Å². The van der Waals surface area contributed by atoms with Crippen molar-refractivity contribution in [2.45, 2.75) is 6.42 Å². The maximum Gasteiger partial charge on any atom is 0.228 e. The van der Waals surface area contributed by atoms with Crippen molar-refractivity contribution in [1.29, 1.82) is 0 Å². The second-order valence-corrected chi connectivity index (χ2v) is 5.29. The summed E-state index contributed by atoms with van der Waals surface area (Å²) >= 11 is 0. The lowest BCUT2D eigenvalue weighted by Crippen LogP contribution is -2.09. The van der Waals surface area contributed by atoms with Crippen LogP contribution in [0.2, 0.25) is 0 Å². The molecule has 0 N–H and O–H groups in total. The fourth-order valence-corrected chi connectivity index (χ4v) is 3.30. The minimum atomic E-state index is 0.129. The molecule has 22 heavy (non-hydrogen) atoms. The Hall–Kier alpha value is -2.75. The van der Waals surface area contributed by atoms with Crippen LogP contribution in [0, 0.1) is 0 Å². The molecule has 4 heteroatoms. The van der Waals surface area contributed by atoms with Crippen LogP contribution in [0.4, 0.5) is 0 Å². The first-order valence-electron chi connectivity index (χ1n) is 7.14. The van der Waals surface area contributed by atoms with Crippen LogP contribution in [0.15, 0.2) is 36.4 Å². The van der Waals surface area contributed by atoms with Gasteiger partial charge in [-0.3, -0.25) is 4.79 Å². The normalized spacial score (nSPS) is 13.6. The van der Waals surface area contributed by atoms with Gasteiger partial charge in [-0.05, 0) is 10.9 Å². The molecule has 1 aliphatic rings. The molecule has 0 saturated heterocycles. The SMILES string of the molecule is COc1cc2c3c(c4ccccc4c2n1OC)C=CCC3=O. The lowest BCUT2D eigenvalue weighted by Gasteiger charge is -2.15. The summed E-state index contributed by atoms with van der Waals surface area (Å²) in [6.07, 6.45) is 4.39. The van der Waals surface area contributed by atoms with E-state index in [0.29, 0.717) is 12.3 Å². The zero-order chi connectivity index (χ0) is 15.3. The first-order valence-corrected chi connectivity index (χ1v) is 7.14. The van der Waals surface area contributed by atoms with Gasteiger partial charge in [0.05, 0.1) is 12.6 Å². The molecule has 0 fully saturated rings. The highest BCUT2D eigenvalue weighted by Gasteiger charge is 2.24. The van der Waals surface area contributed by atoms with E-state index in [4.69, 9.17) is 9.57 Å². The van der Waals surface area contributed by atoms with Gasteiger partial charge in [0, 0.05) is 28.8 Å². The molecule has 0 amide bonds. The molecule has 3 aromatic rings. The van der Waals surface area contributed by atoms with Crippen molar-refractivity contribution in [2.24, 2.45) is 0 Å². The largest absolute Gasteiger partial charge is 0.480 e. The number of carbonyl (C=O) groups excluding carboxylic acids is 1. The Kier molecular flexibility index (Phi) is 2.73. The third kappa shape index (κ3) is 1.55. The standard InChI is InChI=1S/C18H15NO3/c1-21-16-10-14-17-12(8-5-9-15(17)20)11-6-3-4-7-13(11)18(14)19(16)22-2/h3-8,10H,9H2,1-2H3. The highest BCUT2D eigenvalue weighted by Crippen LogP contribution is 2.39. The Bertz CT molecular complexity index is 950. The number of Topliss-reactive ketones (excluding diaryl/α,β-unsaturated/α-hetero) is 1. The number of nitrogens with zero attached hydrogens (tertiary/aromatic N) is 1. The monoisotopic (exact) mass is 293 g/mol. The van der Waals surface area contributed by atoms with Crippen LogP contribution >= 0.6 is 0 Å². The van der Waals surface area contributed by atoms with Crippen LogP contribution in [-0.4, -0.2) is 24.7 Å². The van der Waals surface area contributed by atoms with Gasteiger partial charge in [0.15, 0.2) is 5.78 Å². The number of allylic oxidation sites excluding steroid dienone is 1. The molecule has 0 bridgehead atoms.